The molecule has 2 fully saturated rings. The molecule has 0 bridgehead atoms. The number of nitro groups is 1. The van der Waals surface area contributed by atoms with Crippen molar-refractivity contribution >= 4 is 23.7 Å². The molecule has 2 aliphatic rings. The molecule has 0 unspecified atom stereocenters. The zero-order chi connectivity index (χ0) is 15.5. The van der Waals surface area contributed by atoms with Crippen molar-refractivity contribution in [2.75, 3.05) is 5.75 Å². The van der Waals surface area contributed by atoms with Crippen LogP contribution in [-0.4, -0.2) is 43.6 Å². The lowest BCUT2D eigenvalue weighted by Crippen LogP contribution is -2.36. The highest BCUT2D eigenvalue weighted by Gasteiger charge is 2.42. The van der Waals surface area contributed by atoms with E-state index in [1.54, 1.807) is 10.8 Å². The highest BCUT2D eigenvalue weighted by Crippen LogP contribution is 2.33. The van der Waals surface area contributed by atoms with E-state index in [1.165, 1.54) is 6.20 Å². The van der Waals surface area contributed by atoms with Crippen molar-refractivity contribution in [3.63, 3.8) is 0 Å². The number of aromatic nitrogens is 2. The van der Waals surface area contributed by atoms with E-state index in [0.717, 1.165) is 31.4 Å². The van der Waals surface area contributed by atoms with Crippen LogP contribution in [0.25, 0.3) is 0 Å². The Hall–Kier alpha value is -1.77. The second-order valence-electron chi connectivity index (χ2n) is 5.65. The van der Waals surface area contributed by atoms with Gasteiger partial charge in [0.25, 0.3) is 0 Å². The molecule has 8 nitrogen and oxygen atoms in total. The average Bonchev–Trinajstić information content (AvgIpc) is 3.15. The highest BCUT2D eigenvalue weighted by molar-refractivity contribution is 8.00. The van der Waals surface area contributed by atoms with Gasteiger partial charge in [-0.05, 0) is 17.8 Å². The number of carbonyl (C=O) groups excluding carboxylic acids is 1. The standard InChI is InChI=1S/C13H19N5O3S/c19-12-15-9-8-22-10(11(9)16-12)4-2-1-3-6-17-7-5-14-13(17)18(20)21/h5,7,9-11H,1-4,6,8H2,(H2,15,16,19)/t9-,10-,11-/m0/s1. The van der Waals surface area contributed by atoms with E-state index in [9.17, 15) is 14.9 Å². The molecule has 2 amide bonds. The van der Waals surface area contributed by atoms with Crippen molar-refractivity contribution in [1.29, 1.82) is 0 Å². The number of aryl methyl sites for hydroxylation is 1. The molecular weight excluding hydrogens is 306 g/mol. The molecule has 3 heterocycles. The minimum atomic E-state index is -0.453. The number of thioether (sulfide) groups is 1. The number of nitrogens with one attached hydrogen (secondary N) is 2. The van der Waals surface area contributed by atoms with Crippen LogP contribution in [-0.2, 0) is 6.54 Å². The Morgan fingerprint density at radius 2 is 2.27 bits per heavy atom. The van der Waals surface area contributed by atoms with Gasteiger partial charge in [-0.3, -0.25) is 0 Å². The molecule has 2 saturated heterocycles. The molecule has 0 spiro atoms. The summed E-state index contributed by atoms with van der Waals surface area (Å²) in [6.07, 6.45) is 7.16. The Bertz CT molecular complexity index is 564. The lowest BCUT2D eigenvalue weighted by atomic mass is 10.0. The molecule has 0 aromatic carbocycles. The van der Waals surface area contributed by atoms with Crippen LogP contribution in [0.2, 0.25) is 0 Å². The van der Waals surface area contributed by atoms with Gasteiger partial charge >= 0.3 is 12.0 Å². The zero-order valence-electron chi connectivity index (χ0n) is 12.1. The summed E-state index contributed by atoms with van der Waals surface area (Å²) in [5.74, 6) is 0.893. The Kier molecular flexibility index (Phi) is 4.51. The van der Waals surface area contributed by atoms with Crippen molar-refractivity contribution in [3.05, 3.63) is 22.5 Å². The van der Waals surface area contributed by atoms with E-state index in [1.807, 2.05) is 11.8 Å². The first-order chi connectivity index (χ1) is 10.6. The average molecular weight is 325 g/mol. The van der Waals surface area contributed by atoms with E-state index in [4.69, 9.17) is 0 Å². The summed E-state index contributed by atoms with van der Waals surface area (Å²) in [6.45, 7) is 0.623. The topological polar surface area (TPSA) is 102 Å². The van der Waals surface area contributed by atoms with E-state index >= 15 is 0 Å². The van der Waals surface area contributed by atoms with Crippen LogP contribution in [0.4, 0.5) is 10.7 Å². The van der Waals surface area contributed by atoms with Crippen LogP contribution in [0.15, 0.2) is 12.4 Å². The summed E-state index contributed by atoms with van der Waals surface area (Å²) < 4.78 is 1.58. The smallest absolute Gasteiger partial charge is 0.390 e. The quantitative estimate of drug-likeness (QED) is 0.342. The molecular formula is C13H19N5O3S. The minimum absolute atomic E-state index is 0.0484. The summed E-state index contributed by atoms with van der Waals surface area (Å²) in [7, 11) is 0. The van der Waals surface area contributed by atoms with Gasteiger partial charge in [0.05, 0.1) is 18.6 Å². The van der Waals surface area contributed by atoms with E-state index < -0.39 is 4.92 Å². The second-order valence-corrected chi connectivity index (χ2v) is 6.92. The van der Waals surface area contributed by atoms with Gasteiger partial charge in [0.15, 0.2) is 0 Å². The minimum Gasteiger partial charge on any atom is -0.390 e. The second kappa shape index (κ2) is 6.55. The Morgan fingerprint density at radius 1 is 1.41 bits per heavy atom. The van der Waals surface area contributed by atoms with Crippen LogP contribution in [0.3, 0.4) is 0 Å². The van der Waals surface area contributed by atoms with Gasteiger partial charge in [-0.15, -0.1) is 0 Å². The maximum Gasteiger partial charge on any atom is 0.434 e. The lowest BCUT2D eigenvalue weighted by Gasteiger charge is -2.16. The van der Waals surface area contributed by atoms with Crippen molar-refractivity contribution in [2.45, 2.75) is 49.6 Å². The maximum atomic E-state index is 11.3. The van der Waals surface area contributed by atoms with E-state index in [2.05, 4.69) is 15.6 Å². The van der Waals surface area contributed by atoms with Crippen LogP contribution < -0.4 is 10.6 Å². The van der Waals surface area contributed by atoms with Crippen LogP contribution in [0, 0.1) is 10.1 Å². The first kappa shape index (κ1) is 15.1. The van der Waals surface area contributed by atoms with Gasteiger partial charge in [-0.2, -0.15) is 11.8 Å². The summed E-state index contributed by atoms with van der Waals surface area (Å²) in [4.78, 5) is 25.3. The Morgan fingerprint density at radius 3 is 3.09 bits per heavy atom. The molecule has 3 atom stereocenters. The normalized spacial score (nSPS) is 26.5. The molecule has 0 radical (unpaired) electrons. The first-order valence-corrected chi connectivity index (χ1v) is 8.54. The van der Waals surface area contributed by atoms with Gasteiger partial charge in [-0.1, -0.05) is 17.8 Å². The third kappa shape index (κ3) is 3.18. The van der Waals surface area contributed by atoms with Crippen molar-refractivity contribution < 1.29 is 9.72 Å². The number of hydrogen-bond acceptors (Lipinski definition) is 5. The third-order valence-corrected chi connectivity index (χ3v) is 5.69. The molecule has 2 N–H and O–H groups in total. The molecule has 3 rings (SSSR count). The van der Waals surface area contributed by atoms with Crippen molar-refractivity contribution in [2.24, 2.45) is 0 Å². The van der Waals surface area contributed by atoms with Crippen LogP contribution in [0.5, 0.6) is 0 Å². The van der Waals surface area contributed by atoms with Gasteiger partial charge in [-0.25, -0.2) is 9.36 Å². The fourth-order valence-electron chi connectivity index (χ4n) is 3.10. The molecule has 0 aliphatic carbocycles. The SMILES string of the molecule is O=C1N[C@H]2[C@H](CS[C@H]2CCCCCn2ccnc2[N+](=O)[O-])N1. The first-order valence-electron chi connectivity index (χ1n) is 7.49. The molecule has 120 valence electrons. The number of imidazole rings is 1. The highest BCUT2D eigenvalue weighted by atomic mass is 32.2. The number of carbonyl (C=O) groups is 1. The van der Waals surface area contributed by atoms with Crippen LogP contribution in [0.1, 0.15) is 25.7 Å². The summed E-state index contributed by atoms with van der Waals surface area (Å²) in [5, 5.41) is 17.2. The fourth-order valence-corrected chi connectivity index (χ4v) is 4.64. The monoisotopic (exact) mass is 325 g/mol. The van der Waals surface area contributed by atoms with Gasteiger partial charge in [0.1, 0.15) is 12.4 Å². The van der Waals surface area contributed by atoms with Gasteiger partial charge in [0, 0.05) is 11.0 Å². The van der Waals surface area contributed by atoms with Crippen LogP contribution >= 0.6 is 11.8 Å². The predicted molar refractivity (Wildman–Crippen MR) is 82.8 cm³/mol. The van der Waals surface area contributed by atoms with E-state index in [-0.39, 0.29) is 24.1 Å². The largest absolute Gasteiger partial charge is 0.434 e. The maximum absolute atomic E-state index is 11.3. The lowest BCUT2D eigenvalue weighted by molar-refractivity contribution is -0.396. The number of amides is 2. The number of hydrogen-bond donors (Lipinski definition) is 2. The molecule has 0 saturated carbocycles. The summed E-state index contributed by atoms with van der Waals surface area (Å²) in [5.41, 5.74) is 0. The molecule has 1 aromatic heterocycles. The Labute approximate surface area is 132 Å². The number of rotatable bonds is 7. The number of fused-ring (bicyclic) bond motifs is 1. The summed E-state index contributed by atoms with van der Waals surface area (Å²) in [6, 6.07) is 0.482. The Balaban J connectivity index is 1.37. The van der Waals surface area contributed by atoms with E-state index in [0.29, 0.717) is 11.8 Å². The van der Waals surface area contributed by atoms with Gasteiger partial charge < -0.3 is 20.7 Å². The van der Waals surface area contributed by atoms with Gasteiger partial charge in [0.2, 0.25) is 0 Å². The number of nitrogens with zero attached hydrogens (tertiary/aromatic N) is 3. The number of unbranched alkanes of at least 4 members (excludes halogenated alkanes) is 2. The third-order valence-electron chi connectivity index (χ3n) is 4.18. The van der Waals surface area contributed by atoms with Crippen molar-refractivity contribution in [1.82, 2.24) is 20.2 Å². The molecule has 1 aromatic rings. The summed E-state index contributed by atoms with van der Waals surface area (Å²) >= 11 is 1.92. The molecule has 22 heavy (non-hydrogen) atoms. The van der Waals surface area contributed by atoms with Crippen molar-refractivity contribution in [3.8, 4) is 0 Å². The predicted octanol–water partition coefficient (Wildman–Crippen LogP) is 1.52. The molecule has 2 aliphatic heterocycles. The number of urea groups is 1. The molecule has 9 heteroatoms. The fraction of sp³-hybridized carbons (Fsp3) is 0.692. The zero-order valence-corrected chi connectivity index (χ0v) is 12.9.